The molecule has 218 valence electrons. The highest BCUT2D eigenvalue weighted by molar-refractivity contribution is 7.99. The highest BCUT2D eigenvalue weighted by atomic mass is 35.5. The van der Waals surface area contributed by atoms with Crippen molar-refractivity contribution in [1.82, 2.24) is 14.1 Å². The molecule has 40 heavy (non-hydrogen) atoms. The molecule has 2 N–H and O–H groups in total. The number of nitrogens with one attached hydrogen (secondary N) is 1. The number of thiophene rings is 1. The molecule has 0 aliphatic carbocycles. The second-order valence-electron chi connectivity index (χ2n) is 8.48. The van der Waals surface area contributed by atoms with Gasteiger partial charge >= 0.3 is 0 Å². The Labute approximate surface area is 252 Å². The molecule has 1 amide bonds. The summed E-state index contributed by atoms with van der Waals surface area (Å²) in [7, 11) is 2.78. The number of rotatable bonds is 11. The van der Waals surface area contributed by atoms with Crippen LogP contribution in [0.25, 0.3) is 6.08 Å². The lowest BCUT2D eigenvalue weighted by atomic mass is 10.1. The van der Waals surface area contributed by atoms with E-state index in [1.54, 1.807) is 28.2 Å². The summed E-state index contributed by atoms with van der Waals surface area (Å²) in [4.78, 5) is 29.6. The molecule has 1 fully saturated rings. The van der Waals surface area contributed by atoms with Crippen LogP contribution in [0.4, 0.5) is 0 Å². The van der Waals surface area contributed by atoms with Crippen LogP contribution in [0.5, 0.6) is 0 Å². The summed E-state index contributed by atoms with van der Waals surface area (Å²) in [6.07, 6.45) is 12.2. The number of amidine groups is 1. The van der Waals surface area contributed by atoms with E-state index in [1.807, 2.05) is 55.4 Å². The average Bonchev–Trinajstić information content (AvgIpc) is 3.36. The zero-order chi connectivity index (χ0) is 30.1. The van der Waals surface area contributed by atoms with Crippen LogP contribution in [-0.2, 0) is 22.6 Å². The SMILES string of the molecule is C#CCN(C)C(=N)c1ccc(CN2C(=O)CN(Sc3cc(/C=C\C)c(CCCCl)s3)CC2C=O)cc1.CC.CO. The third-order valence-electron chi connectivity index (χ3n) is 5.79. The Bertz CT molecular complexity index is 1140. The quantitative estimate of drug-likeness (QED) is 0.0892. The topological polar surface area (TPSA) is 87.9 Å². The number of hydrogen-bond donors (Lipinski definition) is 2. The van der Waals surface area contributed by atoms with Crippen LogP contribution in [0, 0.1) is 17.8 Å². The maximum atomic E-state index is 13.1. The molecule has 1 aliphatic heterocycles. The van der Waals surface area contributed by atoms with Crippen molar-refractivity contribution in [2.75, 3.05) is 39.7 Å². The minimum absolute atomic E-state index is 0.0796. The van der Waals surface area contributed by atoms with Gasteiger partial charge in [-0.15, -0.1) is 29.4 Å². The lowest BCUT2D eigenvalue weighted by molar-refractivity contribution is -0.141. The number of nitrogens with zero attached hydrogens (tertiary/aromatic N) is 3. The van der Waals surface area contributed by atoms with Crippen LogP contribution in [0.1, 0.15) is 48.8 Å². The van der Waals surface area contributed by atoms with Crippen molar-refractivity contribution in [2.24, 2.45) is 0 Å². The van der Waals surface area contributed by atoms with Crippen LogP contribution < -0.4 is 0 Å². The third kappa shape index (κ3) is 10.4. The van der Waals surface area contributed by atoms with E-state index in [4.69, 9.17) is 28.5 Å². The van der Waals surface area contributed by atoms with Gasteiger partial charge in [0.2, 0.25) is 5.91 Å². The zero-order valence-corrected chi connectivity index (χ0v) is 26.4. The Balaban J connectivity index is 0.00000191. The second kappa shape index (κ2) is 19.5. The highest BCUT2D eigenvalue weighted by Crippen LogP contribution is 2.36. The van der Waals surface area contributed by atoms with Crippen LogP contribution in [0.3, 0.4) is 0 Å². The number of carbonyl (C=O) groups is 2. The van der Waals surface area contributed by atoms with Gasteiger partial charge < -0.3 is 19.7 Å². The number of halogens is 1. The van der Waals surface area contributed by atoms with Gasteiger partial charge in [-0.1, -0.05) is 56.2 Å². The van der Waals surface area contributed by atoms with Gasteiger partial charge in [-0.3, -0.25) is 10.2 Å². The van der Waals surface area contributed by atoms with Gasteiger partial charge in [0, 0.05) is 43.6 Å². The number of amides is 1. The summed E-state index contributed by atoms with van der Waals surface area (Å²) >= 11 is 9.15. The normalized spacial score (nSPS) is 15.0. The molecule has 7 nitrogen and oxygen atoms in total. The first-order valence-electron chi connectivity index (χ1n) is 13.2. The van der Waals surface area contributed by atoms with Crippen molar-refractivity contribution in [2.45, 2.75) is 50.4 Å². The van der Waals surface area contributed by atoms with Crippen LogP contribution >= 0.6 is 34.9 Å². The molecule has 1 saturated heterocycles. The van der Waals surface area contributed by atoms with Gasteiger partial charge in [-0.05, 0) is 48.9 Å². The fourth-order valence-electron chi connectivity index (χ4n) is 3.92. The molecule has 3 rings (SSSR count). The number of terminal acetylenes is 1. The number of hydrogen-bond acceptors (Lipinski definition) is 7. The molecule has 10 heteroatoms. The van der Waals surface area contributed by atoms with Gasteiger partial charge in [-0.25, -0.2) is 4.31 Å². The number of aliphatic hydroxyl groups excluding tert-OH is 1. The minimum atomic E-state index is -0.524. The number of aldehydes is 1. The van der Waals surface area contributed by atoms with Crippen LogP contribution in [-0.4, -0.2) is 83.0 Å². The number of benzene rings is 1. The van der Waals surface area contributed by atoms with E-state index in [1.165, 1.54) is 22.4 Å². The van der Waals surface area contributed by atoms with E-state index >= 15 is 0 Å². The maximum absolute atomic E-state index is 13.1. The monoisotopic (exact) mass is 604 g/mol. The maximum Gasteiger partial charge on any atom is 0.238 e. The number of allylic oxidation sites excluding steroid dienone is 1. The third-order valence-corrected chi connectivity index (χ3v) is 8.37. The Morgan fingerprint density at radius 2 is 2.00 bits per heavy atom. The van der Waals surface area contributed by atoms with Crippen molar-refractivity contribution in [1.29, 1.82) is 5.41 Å². The Morgan fingerprint density at radius 1 is 1.32 bits per heavy atom. The number of carbonyl (C=O) groups excluding carboxylic acids is 2. The fraction of sp³-hybridized carbons (Fsp3) is 0.433. The van der Waals surface area contributed by atoms with Crippen molar-refractivity contribution < 1.29 is 14.7 Å². The first-order chi connectivity index (χ1) is 19.4. The van der Waals surface area contributed by atoms with E-state index in [-0.39, 0.29) is 12.5 Å². The highest BCUT2D eigenvalue weighted by Gasteiger charge is 2.33. The molecule has 2 aromatic rings. The van der Waals surface area contributed by atoms with Gasteiger partial charge in [0.05, 0.1) is 17.3 Å². The number of piperazine rings is 1. The summed E-state index contributed by atoms with van der Waals surface area (Å²) in [5.41, 5.74) is 2.84. The first-order valence-corrected chi connectivity index (χ1v) is 15.3. The fourth-order valence-corrected chi connectivity index (χ4v) is 6.58. The molecule has 0 saturated carbocycles. The lowest BCUT2D eigenvalue weighted by Crippen LogP contribution is -2.54. The smallest absolute Gasteiger partial charge is 0.238 e. The van der Waals surface area contributed by atoms with E-state index < -0.39 is 6.04 Å². The molecule has 1 atom stereocenters. The molecule has 1 aromatic heterocycles. The summed E-state index contributed by atoms with van der Waals surface area (Å²) < 4.78 is 3.08. The summed E-state index contributed by atoms with van der Waals surface area (Å²) in [5, 5.41) is 15.2. The molecule has 0 spiro atoms. The van der Waals surface area contributed by atoms with Crippen molar-refractivity contribution in [3.63, 3.8) is 0 Å². The van der Waals surface area contributed by atoms with Gasteiger partial charge in [0.25, 0.3) is 0 Å². The van der Waals surface area contributed by atoms with Crippen molar-refractivity contribution in [3.8, 4) is 12.3 Å². The summed E-state index contributed by atoms with van der Waals surface area (Å²) in [5.74, 6) is 3.41. The molecule has 1 aliphatic rings. The summed E-state index contributed by atoms with van der Waals surface area (Å²) in [6, 6.07) is 9.09. The lowest BCUT2D eigenvalue weighted by Gasteiger charge is -2.37. The molecule has 2 heterocycles. The minimum Gasteiger partial charge on any atom is -0.400 e. The molecule has 1 unspecified atom stereocenters. The average molecular weight is 605 g/mol. The number of aliphatic hydroxyl groups is 1. The van der Waals surface area contributed by atoms with E-state index in [2.05, 4.69) is 18.1 Å². The summed E-state index contributed by atoms with van der Waals surface area (Å²) in [6.45, 7) is 7.41. The Morgan fingerprint density at radius 3 is 2.58 bits per heavy atom. The standard InChI is InChI=1S/C27H31ClN4O2S2.C2H6.CH4O/c1-4-7-22-15-26(35-24(22)8-6-13-28)36-31-17-23(19-33)32(25(34)18-31)16-20-9-11-21(12-10-20)27(29)30(3)14-5-2;2*1-2/h2,4,7,9-12,15,19,23,29H,6,8,13-14,16-18H2,1,3H3;1-2H3;2H,1H3/b7-4-,29-27?;;. The molecule has 0 bridgehead atoms. The molecular formula is C30H41ClN4O3S2. The van der Waals surface area contributed by atoms with Crippen molar-refractivity contribution in [3.05, 3.63) is 58.0 Å². The van der Waals surface area contributed by atoms with E-state index in [0.717, 1.165) is 41.6 Å². The van der Waals surface area contributed by atoms with Crippen molar-refractivity contribution >= 4 is 59.0 Å². The van der Waals surface area contributed by atoms with Crippen LogP contribution in [0.2, 0.25) is 0 Å². The predicted octanol–water partition coefficient (Wildman–Crippen LogP) is 5.40. The predicted molar refractivity (Wildman–Crippen MR) is 170 cm³/mol. The molecule has 1 aromatic carbocycles. The molecular weight excluding hydrogens is 564 g/mol. The van der Waals surface area contributed by atoms with Gasteiger partial charge in [0.15, 0.2) is 0 Å². The Kier molecular flexibility index (Phi) is 17.2. The number of aryl methyl sites for hydroxylation is 1. The van der Waals surface area contributed by atoms with E-state index in [0.29, 0.717) is 31.3 Å². The first kappa shape index (κ1) is 35.4. The van der Waals surface area contributed by atoms with Gasteiger partial charge in [-0.2, -0.15) is 0 Å². The Hall–Kier alpha value is -2.61. The van der Waals surface area contributed by atoms with E-state index in [9.17, 15) is 9.59 Å². The number of alkyl halides is 1. The zero-order valence-electron chi connectivity index (χ0n) is 24.0. The second-order valence-corrected chi connectivity index (χ2v) is 11.4. The molecule has 0 radical (unpaired) electrons. The van der Waals surface area contributed by atoms with Gasteiger partial charge in [0.1, 0.15) is 18.2 Å². The van der Waals surface area contributed by atoms with Crippen LogP contribution in [0.15, 0.2) is 40.6 Å². The largest absolute Gasteiger partial charge is 0.400 e.